The molecule has 0 unspecified atom stereocenters. The van der Waals surface area contributed by atoms with Crippen LogP contribution < -0.4 is 0 Å². The van der Waals surface area contributed by atoms with E-state index in [0.717, 1.165) is 0 Å². The summed E-state index contributed by atoms with van der Waals surface area (Å²) in [6.07, 6.45) is 0. The zero-order valence-electron chi connectivity index (χ0n) is 3.52. The van der Waals surface area contributed by atoms with Crippen LogP contribution in [0.1, 0.15) is 0 Å². The Kier molecular flexibility index (Phi) is 5.49. The molecule has 0 rings (SSSR count). The highest BCUT2D eigenvalue weighted by atomic mass is 35.5. The average Bonchev–Trinajstić information content (AvgIpc) is 1.69. The fourth-order valence-electron chi connectivity index (χ4n) is 0.0972. The first kappa shape index (κ1) is 6.72. The first-order valence-corrected chi connectivity index (χ1v) is 2.08. The van der Waals surface area contributed by atoms with Gasteiger partial charge in [-0.1, -0.05) is 11.6 Å². The van der Waals surface area contributed by atoms with E-state index < -0.39 is 0 Å². The van der Waals surface area contributed by atoms with Crippen molar-refractivity contribution in [3.05, 3.63) is 0 Å². The van der Waals surface area contributed by atoms with Crippen LogP contribution in [-0.2, 0) is 14.3 Å². The molecule has 0 aromatic carbocycles. The quantitative estimate of drug-likeness (QED) is 0.305. The van der Waals surface area contributed by atoms with E-state index in [1.807, 2.05) is 0 Å². The zero-order chi connectivity index (χ0) is 5.54. The number of rotatable bonds is 4. The number of hydrogen-bond acceptors (Lipinski definition) is 3. The van der Waals surface area contributed by atoms with Crippen molar-refractivity contribution < 1.29 is 14.3 Å². The van der Waals surface area contributed by atoms with E-state index >= 15 is 0 Å². The Bertz CT molecular complexity index is 47.4. The van der Waals surface area contributed by atoms with Gasteiger partial charge in [0.2, 0.25) is 0 Å². The molecule has 0 spiro atoms. The predicted molar refractivity (Wildman–Crippen MR) is 23.5 cm³/mol. The Balaban J connectivity index is 2.56. The summed E-state index contributed by atoms with van der Waals surface area (Å²) in [7, 11) is 0. The van der Waals surface area contributed by atoms with Crippen LogP contribution in [0.15, 0.2) is 0 Å². The van der Waals surface area contributed by atoms with Crippen LogP contribution in [-0.4, -0.2) is 19.3 Å². The van der Waals surface area contributed by atoms with Gasteiger partial charge in [-0.05, 0) is 0 Å². The maximum atomic E-state index is 9.21. The molecule has 0 aliphatic heterocycles. The van der Waals surface area contributed by atoms with E-state index in [2.05, 4.69) is 9.47 Å². The van der Waals surface area contributed by atoms with Gasteiger partial charge in [0.05, 0.1) is 0 Å². The lowest BCUT2D eigenvalue weighted by atomic mass is 11.3. The number of carbonyl (C=O) groups excluding carboxylic acids is 1. The van der Waals surface area contributed by atoms with Crippen molar-refractivity contribution in [2.75, 3.05) is 12.9 Å². The monoisotopic (exact) mass is 123 g/mol. The summed E-state index contributed by atoms with van der Waals surface area (Å²) < 4.78 is 8.32. The second-order valence-electron chi connectivity index (χ2n) is 0.659. The third-order valence-corrected chi connectivity index (χ3v) is 0.433. The van der Waals surface area contributed by atoms with Crippen LogP contribution >= 0.6 is 11.6 Å². The SMILES string of the molecule is O=[C]OCOCCl. The molecule has 4 heteroatoms. The van der Waals surface area contributed by atoms with Gasteiger partial charge in [0.25, 0.3) is 0 Å². The summed E-state index contributed by atoms with van der Waals surface area (Å²) >= 11 is 5.01. The summed E-state index contributed by atoms with van der Waals surface area (Å²) in [4.78, 5) is 9.21. The highest BCUT2D eigenvalue weighted by Crippen LogP contribution is 1.76. The Morgan fingerprint density at radius 3 is 2.86 bits per heavy atom. The second kappa shape index (κ2) is 5.72. The smallest absolute Gasteiger partial charge is 0.419 e. The van der Waals surface area contributed by atoms with Gasteiger partial charge in [-0.25, -0.2) is 4.79 Å². The predicted octanol–water partition coefficient (Wildman–Crippen LogP) is 0.241. The van der Waals surface area contributed by atoms with E-state index in [0.29, 0.717) is 0 Å². The van der Waals surface area contributed by atoms with Crippen molar-refractivity contribution in [2.45, 2.75) is 0 Å². The van der Waals surface area contributed by atoms with Crippen molar-refractivity contribution in [2.24, 2.45) is 0 Å². The van der Waals surface area contributed by atoms with Crippen molar-refractivity contribution in [1.29, 1.82) is 0 Å². The first-order chi connectivity index (χ1) is 3.41. The molecule has 0 aliphatic rings. The maximum absolute atomic E-state index is 9.21. The third-order valence-electron chi connectivity index (χ3n) is 0.278. The molecule has 0 fully saturated rings. The number of halogens is 1. The fraction of sp³-hybridized carbons (Fsp3) is 0.667. The molecule has 0 aromatic heterocycles. The van der Waals surface area contributed by atoms with Crippen LogP contribution in [0, 0.1) is 0 Å². The average molecular weight is 124 g/mol. The molecule has 0 saturated heterocycles. The van der Waals surface area contributed by atoms with E-state index in [4.69, 9.17) is 11.6 Å². The molecular formula is C3H4ClO3. The summed E-state index contributed by atoms with van der Waals surface area (Å²) in [6, 6.07) is 0.0294. The molecule has 0 N–H and O–H groups in total. The molecule has 0 bridgehead atoms. The lowest BCUT2D eigenvalue weighted by Crippen LogP contribution is -1.94. The molecule has 0 aromatic rings. The van der Waals surface area contributed by atoms with Gasteiger partial charge < -0.3 is 9.47 Å². The van der Waals surface area contributed by atoms with E-state index in [-0.39, 0.29) is 12.9 Å². The number of alkyl halides is 1. The number of hydrogen-bond donors (Lipinski definition) is 0. The first-order valence-electron chi connectivity index (χ1n) is 1.54. The normalized spacial score (nSPS) is 8.14. The highest BCUT2D eigenvalue weighted by Gasteiger charge is 1.78. The van der Waals surface area contributed by atoms with E-state index in [9.17, 15) is 4.79 Å². The van der Waals surface area contributed by atoms with Crippen LogP contribution in [0.5, 0.6) is 0 Å². The molecule has 0 aliphatic carbocycles. The van der Waals surface area contributed by atoms with Crippen molar-refractivity contribution in [3.8, 4) is 0 Å². The lowest BCUT2D eigenvalue weighted by molar-refractivity contribution is 0.0293. The molecule has 3 nitrogen and oxygen atoms in total. The molecule has 0 heterocycles. The molecule has 0 amide bonds. The summed E-state index contributed by atoms with van der Waals surface area (Å²) in [6.45, 7) is 1.05. The minimum Gasteiger partial charge on any atom is -0.430 e. The van der Waals surface area contributed by atoms with Crippen LogP contribution in [0.2, 0.25) is 0 Å². The van der Waals surface area contributed by atoms with Gasteiger partial charge in [-0.15, -0.1) is 0 Å². The molecule has 0 saturated carbocycles. The molecular weight excluding hydrogens is 119 g/mol. The Morgan fingerprint density at radius 1 is 1.71 bits per heavy atom. The summed E-state index contributed by atoms with van der Waals surface area (Å²) in [5.74, 6) is 0. The van der Waals surface area contributed by atoms with Crippen LogP contribution in [0.3, 0.4) is 0 Å². The topological polar surface area (TPSA) is 35.5 Å². The number of ether oxygens (including phenoxy) is 2. The highest BCUT2D eigenvalue weighted by molar-refractivity contribution is 6.17. The van der Waals surface area contributed by atoms with Crippen molar-refractivity contribution >= 4 is 18.1 Å². The zero-order valence-corrected chi connectivity index (χ0v) is 4.27. The van der Waals surface area contributed by atoms with Gasteiger partial charge in [0.1, 0.15) is 6.07 Å². The van der Waals surface area contributed by atoms with Crippen LogP contribution in [0.4, 0.5) is 0 Å². The minimum absolute atomic E-state index is 0.0294. The summed E-state index contributed by atoms with van der Waals surface area (Å²) in [5.41, 5.74) is 0. The van der Waals surface area contributed by atoms with E-state index in [1.54, 1.807) is 0 Å². The Labute approximate surface area is 46.2 Å². The maximum Gasteiger partial charge on any atom is 0.419 e. The molecule has 41 valence electrons. The fourth-order valence-corrected chi connectivity index (χ4v) is 0.160. The molecule has 0 atom stereocenters. The van der Waals surface area contributed by atoms with Gasteiger partial charge in [-0.2, -0.15) is 0 Å². The van der Waals surface area contributed by atoms with Crippen molar-refractivity contribution in [3.63, 3.8) is 0 Å². The van der Waals surface area contributed by atoms with Gasteiger partial charge in [0.15, 0.2) is 6.79 Å². The summed E-state index contributed by atoms with van der Waals surface area (Å²) in [5, 5.41) is 0. The third kappa shape index (κ3) is 5.72. The minimum atomic E-state index is -0.118. The van der Waals surface area contributed by atoms with Gasteiger partial charge in [0, 0.05) is 0 Å². The second-order valence-corrected chi connectivity index (χ2v) is 0.877. The Morgan fingerprint density at radius 2 is 2.43 bits per heavy atom. The van der Waals surface area contributed by atoms with Crippen molar-refractivity contribution in [1.82, 2.24) is 0 Å². The Hall–Kier alpha value is -0.280. The standard InChI is InChI=1S/C3H4ClO3/c4-1-6-3-7-2-5/h1,3H2. The van der Waals surface area contributed by atoms with E-state index in [1.165, 1.54) is 6.47 Å². The lowest BCUT2D eigenvalue weighted by Gasteiger charge is -1.91. The van der Waals surface area contributed by atoms with Gasteiger partial charge in [-0.3, -0.25) is 0 Å². The molecule has 1 radical (unpaired) electrons. The van der Waals surface area contributed by atoms with Gasteiger partial charge >= 0.3 is 6.47 Å². The molecule has 7 heavy (non-hydrogen) atoms. The van der Waals surface area contributed by atoms with Crippen LogP contribution in [0.25, 0.3) is 0 Å². The largest absolute Gasteiger partial charge is 0.430 e.